The minimum absolute atomic E-state index is 0.141. The van der Waals surface area contributed by atoms with Gasteiger partial charge >= 0.3 is 18.1 Å². The first-order valence-electron chi connectivity index (χ1n) is 15.3. The highest BCUT2D eigenvalue weighted by molar-refractivity contribution is 7.90. The van der Waals surface area contributed by atoms with Gasteiger partial charge in [0.15, 0.2) is 5.69 Å². The highest BCUT2D eigenvalue weighted by Gasteiger charge is 2.38. The zero-order chi connectivity index (χ0) is 36.6. The number of hydrogen-bond donors (Lipinski definition) is 1. The van der Waals surface area contributed by atoms with Gasteiger partial charge in [0.05, 0.1) is 46.2 Å². The van der Waals surface area contributed by atoms with Crippen molar-refractivity contribution in [1.82, 2.24) is 24.5 Å². The van der Waals surface area contributed by atoms with Crippen molar-refractivity contribution in [2.75, 3.05) is 18.1 Å². The van der Waals surface area contributed by atoms with Crippen LogP contribution in [0.5, 0.6) is 0 Å². The van der Waals surface area contributed by atoms with Crippen molar-refractivity contribution in [2.24, 2.45) is 5.41 Å². The average molecular weight is 725 g/mol. The van der Waals surface area contributed by atoms with Gasteiger partial charge < -0.3 is 14.3 Å². The summed E-state index contributed by atoms with van der Waals surface area (Å²) >= 11 is 0. The summed E-state index contributed by atoms with van der Waals surface area (Å²) in [5, 5.41) is 6.31. The molecule has 2 aromatic carbocycles. The molecule has 1 saturated heterocycles. The van der Waals surface area contributed by atoms with E-state index >= 15 is 0 Å². The van der Waals surface area contributed by atoms with E-state index in [2.05, 4.69) is 5.10 Å². The molecule has 1 aliphatic rings. The van der Waals surface area contributed by atoms with E-state index in [0.29, 0.717) is 5.56 Å². The Hall–Kier alpha value is -5.20. The average Bonchev–Trinajstić information content (AvgIpc) is 3.58. The number of sulfonamides is 1. The van der Waals surface area contributed by atoms with Gasteiger partial charge in [0, 0.05) is 18.9 Å². The molecule has 1 fully saturated rings. The van der Waals surface area contributed by atoms with E-state index in [-0.39, 0.29) is 29.4 Å². The van der Waals surface area contributed by atoms with Crippen molar-refractivity contribution in [1.29, 1.82) is 0 Å². The highest BCUT2D eigenvalue weighted by atomic mass is 32.2. The summed E-state index contributed by atoms with van der Waals surface area (Å²) in [6.45, 7) is 8.94. The van der Waals surface area contributed by atoms with E-state index in [9.17, 15) is 36.0 Å². The van der Waals surface area contributed by atoms with E-state index in [1.54, 1.807) is 50.0 Å². The summed E-state index contributed by atoms with van der Waals surface area (Å²) in [6, 6.07) is 12.5. The SMILES string of the molecule is Cc1ccc(-c2cc(C(F)(F)F)nn2-c2ccc(S(=O)(=O)NC(=O)CCC(=O)OC3CN(n4on4OC(C)OC(=O)C(C)(C)C)C3)cc2)cc1. The minimum Gasteiger partial charge on any atom is -0.458 e. The zero-order valence-corrected chi connectivity index (χ0v) is 28.4. The van der Waals surface area contributed by atoms with E-state index in [4.69, 9.17) is 18.9 Å². The second kappa shape index (κ2) is 13.6. The number of aryl methyl sites for hydroxylation is 1. The summed E-state index contributed by atoms with van der Waals surface area (Å²) in [4.78, 5) is 42.9. The summed E-state index contributed by atoms with van der Waals surface area (Å²) in [6.07, 6.45) is -7.04. The Balaban J connectivity index is 1.09. The largest absolute Gasteiger partial charge is 0.458 e. The number of nitrogens with zero attached hydrogens (tertiary/aromatic N) is 5. The lowest BCUT2D eigenvalue weighted by molar-refractivity contribution is -0.189. The maximum Gasteiger partial charge on any atom is 0.435 e. The number of nitrogens with one attached hydrogen (secondary N) is 1. The number of rotatable bonds is 12. The Kier molecular flexibility index (Phi) is 9.82. The molecular weight excluding hydrogens is 689 g/mol. The number of alkyl halides is 3. The van der Waals surface area contributed by atoms with Gasteiger partial charge in [0.2, 0.25) is 5.91 Å². The molecule has 0 bridgehead atoms. The summed E-state index contributed by atoms with van der Waals surface area (Å²) in [7, 11) is -4.38. The van der Waals surface area contributed by atoms with Gasteiger partial charge in [-0.1, -0.05) is 29.8 Å². The first-order chi connectivity index (χ1) is 23.3. The topological polar surface area (TPSA) is 169 Å². The fourth-order valence-corrected chi connectivity index (χ4v) is 5.51. The Morgan fingerprint density at radius 3 is 2.26 bits per heavy atom. The quantitative estimate of drug-likeness (QED) is 0.168. The molecule has 1 unspecified atom stereocenters. The molecule has 1 N–H and O–H groups in total. The van der Waals surface area contributed by atoms with E-state index < -0.39 is 70.4 Å². The smallest absolute Gasteiger partial charge is 0.435 e. The van der Waals surface area contributed by atoms with Gasteiger partial charge in [0.1, 0.15) is 11.1 Å². The standard InChI is InChI=1S/C31H35F3N6O9S/c1-19-6-8-21(9-7-19)25-16-26(31(32,33)34)35-38(25)22-10-12-24(13-11-22)50(44,45)36-27(41)14-15-28(42)47-23-17-37(18-23)39-40(49-39)48-20(2)46-29(43)30(3,4)5/h6-13,16,20,23H,14-15,17-18H2,1-5H3,(H,36,41). The molecule has 1 aliphatic heterocycles. The molecule has 1 atom stereocenters. The fraction of sp³-hybridized carbons (Fsp3) is 0.419. The predicted molar refractivity (Wildman–Crippen MR) is 167 cm³/mol. The number of esters is 2. The predicted octanol–water partition coefficient (Wildman–Crippen LogP) is 3.58. The first kappa shape index (κ1) is 36.1. The van der Waals surface area contributed by atoms with Crippen LogP contribution in [0, 0.1) is 12.3 Å². The number of benzene rings is 2. The molecule has 0 spiro atoms. The second-order valence-electron chi connectivity index (χ2n) is 12.6. The molecule has 0 aliphatic carbocycles. The van der Waals surface area contributed by atoms with E-state index in [1.165, 1.54) is 24.0 Å². The maximum absolute atomic E-state index is 13.5. The van der Waals surface area contributed by atoms with E-state index in [1.807, 2.05) is 11.6 Å². The van der Waals surface area contributed by atoms with Crippen LogP contribution in [0.25, 0.3) is 16.9 Å². The van der Waals surface area contributed by atoms with Crippen LogP contribution in [0.2, 0.25) is 0 Å². The molecule has 1 amide bonds. The molecule has 19 heteroatoms. The number of hydrogen-bond acceptors (Lipinski definition) is 11. The number of halogens is 3. The van der Waals surface area contributed by atoms with Crippen molar-refractivity contribution in [3.8, 4) is 16.9 Å². The van der Waals surface area contributed by atoms with Gasteiger partial charge in [-0.05, 0) is 58.0 Å². The van der Waals surface area contributed by atoms with Crippen LogP contribution in [-0.4, -0.2) is 71.5 Å². The molecule has 2 aromatic heterocycles. The molecule has 4 aromatic rings. The van der Waals surface area contributed by atoms with Crippen molar-refractivity contribution in [3.63, 3.8) is 0 Å². The summed E-state index contributed by atoms with van der Waals surface area (Å²) < 4.78 is 84.7. The minimum atomic E-state index is -4.71. The lowest BCUT2D eigenvalue weighted by atomic mass is 9.97. The lowest BCUT2D eigenvalue weighted by Gasteiger charge is -2.34. The van der Waals surface area contributed by atoms with Crippen LogP contribution >= 0.6 is 0 Å². The maximum atomic E-state index is 13.5. The fourth-order valence-electron chi connectivity index (χ4n) is 4.50. The van der Waals surface area contributed by atoms with Gasteiger partial charge in [-0.2, -0.15) is 22.9 Å². The van der Waals surface area contributed by atoms with Crippen LogP contribution in [0.3, 0.4) is 0 Å². The van der Waals surface area contributed by atoms with Crippen molar-refractivity contribution in [2.45, 2.75) is 70.9 Å². The van der Waals surface area contributed by atoms with Gasteiger partial charge in [-0.3, -0.25) is 19.4 Å². The van der Waals surface area contributed by atoms with Crippen LogP contribution < -0.4 is 14.6 Å². The third-order valence-electron chi connectivity index (χ3n) is 7.29. The lowest BCUT2D eigenvalue weighted by Crippen LogP contribution is -2.57. The third kappa shape index (κ3) is 8.68. The Morgan fingerprint density at radius 2 is 1.66 bits per heavy atom. The third-order valence-corrected chi connectivity index (χ3v) is 8.68. The molecule has 270 valence electrons. The number of carbonyl (C=O) groups excluding carboxylic acids is 3. The molecular formula is C31H35F3N6O9S. The highest BCUT2D eigenvalue weighted by Crippen LogP contribution is 2.33. The van der Waals surface area contributed by atoms with Crippen LogP contribution in [0.15, 0.2) is 64.1 Å². The van der Waals surface area contributed by atoms with Crippen LogP contribution in [0.1, 0.15) is 51.8 Å². The summed E-state index contributed by atoms with van der Waals surface area (Å²) in [5.41, 5.74) is -0.161. The Labute approximate surface area is 284 Å². The van der Waals surface area contributed by atoms with Crippen molar-refractivity contribution < 1.29 is 54.9 Å². The molecule has 5 rings (SSSR count). The number of amides is 1. The van der Waals surface area contributed by atoms with Gasteiger partial charge in [-0.15, -0.1) is 0 Å². The normalized spacial score (nSPS) is 14.6. The first-order valence-corrected chi connectivity index (χ1v) is 16.8. The van der Waals surface area contributed by atoms with Crippen LogP contribution in [-0.2, 0) is 40.1 Å². The molecule has 50 heavy (non-hydrogen) atoms. The number of aromatic nitrogens is 4. The van der Waals surface area contributed by atoms with Gasteiger partial charge in [-0.25, -0.2) is 17.8 Å². The molecule has 3 heterocycles. The second-order valence-corrected chi connectivity index (χ2v) is 14.3. The molecule has 0 radical (unpaired) electrons. The van der Waals surface area contributed by atoms with Crippen molar-refractivity contribution >= 4 is 27.9 Å². The number of ether oxygens (including phenoxy) is 2. The van der Waals surface area contributed by atoms with Gasteiger partial charge in [0.25, 0.3) is 16.3 Å². The van der Waals surface area contributed by atoms with E-state index in [0.717, 1.165) is 33.5 Å². The molecule has 0 saturated carbocycles. The number of carbonyl (C=O) groups is 3. The van der Waals surface area contributed by atoms with Crippen LogP contribution in [0.4, 0.5) is 13.2 Å². The van der Waals surface area contributed by atoms with Crippen molar-refractivity contribution in [3.05, 3.63) is 65.9 Å². The zero-order valence-electron chi connectivity index (χ0n) is 27.6. The Bertz CT molecular complexity index is 1950. The monoisotopic (exact) mass is 724 g/mol. The summed E-state index contributed by atoms with van der Waals surface area (Å²) in [5.74, 6) is -2.14. The Morgan fingerprint density at radius 1 is 1.02 bits per heavy atom. The molecule has 15 nitrogen and oxygen atoms in total.